The minimum absolute atomic E-state index is 0.824. The standard InChI is InChI=1S/C16H24BrN3/c17-15-11-14(18)3-4-16(15)20-9-5-13(6-10-20)12-19-7-1-2-8-19/h3-4,11,13H,1-2,5-10,12,18H2. The molecule has 1 aromatic rings. The van der Waals surface area contributed by atoms with Crippen LogP contribution in [0.2, 0.25) is 0 Å². The van der Waals surface area contributed by atoms with Crippen molar-refractivity contribution in [2.45, 2.75) is 25.7 Å². The number of likely N-dealkylation sites (tertiary alicyclic amines) is 1. The second kappa shape index (κ2) is 6.35. The van der Waals surface area contributed by atoms with Gasteiger partial charge < -0.3 is 15.5 Å². The Morgan fingerprint density at radius 3 is 2.45 bits per heavy atom. The van der Waals surface area contributed by atoms with Crippen molar-refractivity contribution < 1.29 is 0 Å². The molecule has 3 rings (SSSR count). The van der Waals surface area contributed by atoms with E-state index in [1.807, 2.05) is 12.1 Å². The molecule has 2 heterocycles. The molecule has 20 heavy (non-hydrogen) atoms. The minimum Gasteiger partial charge on any atom is -0.399 e. The van der Waals surface area contributed by atoms with Gasteiger partial charge in [0.1, 0.15) is 0 Å². The van der Waals surface area contributed by atoms with Gasteiger partial charge in [0, 0.05) is 29.8 Å². The Hall–Kier alpha value is -0.740. The Bertz CT molecular complexity index is 449. The molecule has 2 aliphatic rings. The highest BCUT2D eigenvalue weighted by Gasteiger charge is 2.23. The molecule has 3 nitrogen and oxygen atoms in total. The van der Waals surface area contributed by atoms with Crippen molar-refractivity contribution >= 4 is 27.3 Å². The zero-order chi connectivity index (χ0) is 13.9. The van der Waals surface area contributed by atoms with Crippen LogP contribution >= 0.6 is 15.9 Å². The van der Waals surface area contributed by atoms with Gasteiger partial charge in [0.05, 0.1) is 5.69 Å². The van der Waals surface area contributed by atoms with Crippen molar-refractivity contribution in [3.63, 3.8) is 0 Å². The van der Waals surface area contributed by atoms with Crippen LogP contribution in [0.4, 0.5) is 11.4 Å². The van der Waals surface area contributed by atoms with Crippen LogP contribution in [-0.2, 0) is 0 Å². The first-order valence-electron chi connectivity index (χ1n) is 7.75. The molecule has 2 N–H and O–H groups in total. The molecular formula is C16H24BrN3. The molecule has 2 aliphatic heterocycles. The van der Waals surface area contributed by atoms with E-state index in [-0.39, 0.29) is 0 Å². The van der Waals surface area contributed by atoms with Crippen LogP contribution in [-0.4, -0.2) is 37.6 Å². The summed E-state index contributed by atoms with van der Waals surface area (Å²) in [6.45, 7) is 6.30. The zero-order valence-electron chi connectivity index (χ0n) is 12.0. The summed E-state index contributed by atoms with van der Waals surface area (Å²) >= 11 is 3.64. The van der Waals surface area contributed by atoms with E-state index in [4.69, 9.17) is 5.73 Å². The van der Waals surface area contributed by atoms with Gasteiger partial charge in [-0.25, -0.2) is 0 Å². The largest absolute Gasteiger partial charge is 0.399 e. The molecule has 0 radical (unpaired) electrons. The van der Waals surface area contributed by atoms with E-state index in [9.17, 15) is 0 Å². The summed E-state index contributed by atoms with van der Waals surface area (Å²) in [7, 11) is 0. The Morgan fingerprint density at radius 2 is 1.80 bits per heavy atom. The second-order valence-corrected chi connectivity index (χ2v) is 7.00. The van der Waals surface area contributed by atoms with E-state index < -0.39 is 0 Å². The van der Waals surface area contributed by atoms with Gasteiger partial charge in [-0.05, 0) is 78.8 Å². The third-order valence-corrected chi connectivity index (χ3v) is 5.28. The smallest absolute Gasteiger partial charge is 0.0512 e. The number of piperidine rings is 1. The lowest BCUT2D eigenvalue weighted by Crippen LogP contribution is -2.38. The summed E-state index contributed by atoms with van der Waals surface area (Å²) in [5, 5.41) is 0. The lowest BCUT2D eigenvalue weighted by Gasteiger charge is -2.35. The van der Waals surface area contributed by atoms with Crippen LogP contribution in [0, 0.1) is 5.92 Å². The number of nitrogens with two attached hydrogens (primary N) is 1. The Labute approximate surface area is 130 Å². The first-order chi connectivity index (χ1) is 9.72. The summed E-state index contributed by atoms with van der Waals surface area (Å²) in [5.41, 5.74) is 7.93. The fourth-order valence-corrected chi connectivity index (χ4v) is 4.11. The number of benzene rings is 1. The highest BCUT2D eigenvalue weighted by atomic mass is 79.9. The number of hydrogen-bond acceptors (Lipinski definition) is 3. The molecule has 0 spiro atoms. The predicted octanol–water partition coefficient (Wildman–Crippen LogP) is 3.34. The third kappa shape index (κ3) is 3.29. The van der Waals surface area contributed by atoms with Gasteiger partial charge in [-0.1, -0.05) is 0 Å². The molecule has 0 amide bonds. The summed E-state index contributed by atoms with van der Waals surface area (Å²) in [6.07, 6.45) is 5.43. The van der Waals surface area contributed by atoms with E-state index >= 15 is 0 Å². The summed E-state index contributed by atoms with van der Waals surface area (Å²) < 4.78 is 1.12. The summed E-state index contributed by atoms with van der Waals surface area (Å²) in [4.78, 5) is 5.14. The number of nitrogens with zero attached hydrogens (tertiary/aromatic N) is 2. The first kappa shape index (κ1) is 14.2. The van der Waals surface area contributed by atoms with E-state index in [1.165, 1.54) is 64.1 Å². The maximum atomic E-state index is 5.82. The molecule has 2 saturated heterocycles. The van der Waals surface area contributed by atoms with Crippen LogP contribution in [0.1, 0.15) is 25.7 Å². The van der Waals surface area contributed by atoms with Crippen molar-refractivity contribution in [3.05, 3.63) is 22.7 Å². The molecule has 1 aromatic carbocycles. The predicted molar refractivity (Wildman–Crippen MR) is 89.2 cm³/mol. The van der Waals surface area contributed by atoms with E-state index in [0.29, 0.717) is 0 Å². The number of anilines is 2. The maximum absolute atomic E-state index is 5.82. The highest BCUT2D eigenvalue weighted by molar-refractivity contribution is 9.10. The average molecular weight is 338 g/mol. The van der Waals surface area contributed by atoms with E-state index in [0.717, 1.165) is 16.1 Å². The lowest BCUT2D eigenvalue weighted by molar-refractivity contribution is 0.249. The van der Waals surface area contributed by atoms with E-state index in [1.54, 1.807) is 0 Å². The van der Waals surface area contributed by atoms with E-state index in [2.05, 4.69) is 31.8 Å². The molecule has 0 aromatic heterocycles. The SMILES string of the molecule is Nc1ccc(N2CCC(CN3CCCC3)CC2)c(Br)c1. The zero-order valence-corrected chi connectivity index (χ0v) is 13.6. The minimum atomic E-state index is 0.824. The third-order valence-electron chi connectivity index (χ3n) is 4.64. The van der Waals surface area contributed by atoms with Crippen LogP contribution in [0.25, 0.3) is 0 Å². The second-order valence-electron chi connectivity index (χ2n) is 6.15. The quantitative estimate of drug-likeness (QED) is 0.858. The molecule has 0 aliphatic carbocycles. The van der Waals surface area contributed by atoms with Crippen molar-refractivity contribution in [2.24, 2.45) is 5.92 Å². The average Bonchev–Trinajstić information content (AvgIpc) is 2.93. The number of nitrogen functional groups attached to an aromatic ring is 1. The first-order valence-corrected chi connectivity index (χ1v) is 8.54. The summed E-state index contributed by atoms with van der Waals surface area (Å²) in [6, 6.07) is 6.14. The molecule has 0 atom stereocenters. The maximum Gasteiger partial charge on any atom is 0.0512 e. The highest BCUT2D eigenvalue weighted by Crippen LogP contribution is 2.31. The van der Waals surface area contributed by atoms with Gasteiger partial charge in [-0.15, -0.1) is 0 Å². The van der Waals surface area contributed by atoms with Crippen molar-refractivity contribution in [1.82, 2.24) is 4.90 Å². The number of hydrogen-bond donors (Lipinski definition) is 1. The van der Waals surface area contributed by atoms with Gasteiger partial charge in [-0.3, -0.25) is 0 Å². The normalized spacial score (nSPS) is 21.6. The van der Waals surface area contributed by atoms with Gasteiger partial charge in [0.15, 0.2) is 0 Å². The molecule has 0 bridgehead atoms. The van der Waals surface area contributed by atoms with Gasteiger partial charge in [0.2, 0.25) is 0 Å². The Morgan fingerprint density at radius 1 is 1.10 bits per heavy atom. The van der Waals surface area contributed by atoms with Crippen LogP contribution in [0.15, 0.2) is 22.7 Å². The Balaban J connectivity index is 1.55. The van der Waals surface area contributed by atoms with Crippen molar-refractivity contribution in [3.8, 4) is 0 Å². The molecular weight excluding hydrogens is 314 g/mol. The number of rotatable bonds is 3. The van der Waals surface area contributed by atoms with Crippen LogP contribution in [0.5, 0.6) is 0 Å². The van der Waals surface area contributed by atoms with Gasteiger partial charge in [-0.2, -0.15) is 0 Å². The van der Waals surface area contributed by atoms with Gasteiger partial charge in [0.25, 0.3) is 0 Å². The lowest BCUT2D eigenvalue weighted by atomic mass is 9.96. The Kier molecular flexibility index (Phi) is 4.51. The molecule has 2 fully saturated rings. The fourth-order valence-electron chi connectivity index (χ4n) is 3.47. The van der Waals surface area contributed by atoms with Crippen LogP contribution in [0.3, 0.4) is 0 Å². The van der Waals surface area contributed by atoms with Crippen molar-refractivity contribution in [2.75, 3.05) is 43.4 Å². The topological polar surface area (TPSA) is 32.5 Å². The monoisotopic (exact) mass is 337 g/mol. The van der Waals surface area contributed by atoms with Crippen molar-refractivity contribution in [1.29, 1.82) is 0 Å². The summed E-state index contributed by atoms with van der Waals surface area (Å²) in [5.74, 6) is 0.886. The number of halogens is 1. The fraction of sp³-hybridized carbons (Fsp3) is 0.625. The van der Waals surface area contributed by atoms with Crippen LogP contribution < -0.4 is 10.6 Å². The van der Waals surface area contributed by atoms with Gasteiger partial charge >= 0.3 is 0 Å². The molecule has 0 saturated carbocycles. The molecule has 110 valence electrons. The molecule has 4 heteroatoms. The molecule has 0 unspecified atom stereocenters.